The average molecular weight is 1140 g/mol. The molecule has 8 nitrogen and oxygen atoms in total. The summed E-state index contributed by atoms with van der Waals surface area (Å²) >= 11 is 0. The van der Waals surface area contributed by atoms with Crippen LogP contribution in [0.25, 0.3) is 291 Å². The van der Waals surface area contributed by atoms with Crippen molar-refractivity contribution in [3.63, 3.8) is 0 Å². The van der Waals surface area contributed by atoms with Crippen molar-refractivity contribution in [1.82, 2.24) is 4.90 Å². The Morgan fingerprint density at radius 3 is 0.756 bits per heavy atom. The van der Waals surface area contributed by atoms with E-state index < -0.39 is 34.9 Å². The lowest BCUT2D eigenvalue weighted by atomic mass is 9.46. The molecule has 404 valence electrons. The van der Waals surface area contributed by atoms with Crippen LogP contribution in [0.2, 0.25) is 0 Å². The number of likely N-dealkylation sites (tertiary alicyclic amines) is 1. The predicted molar refractivity (Wildman–Crippen MR) is 364 cm³/mol. The number of para-hydroxylation sites is 1. The molecular weight excluding hydrogens is 1110 g/mol. The number of carbonyl (C=O) groups is 4. The molecule has 8 heteroatoms. The van der Waals surface area contributed by atoms with E-state index >= 15 is 14.4 Å². The van der Waals surface area contributed by atoms with Crippen molar-refractivity contribution in [2.24, 2.45) is 0 Å². The summed E-state index contributed by atoms with van der Waals surface area (Å²) in [4.78, 5) is 65.0. The number of esters is 2. The third-order valence-electron chi connectivity index (χ3n) is 29.1. The van der Waals surface area contributed by atoms with Gasteiger partial charge in [-0.2, -0.15) is 0 Å². The average Bonchev–Trinajstić information content (AvgIpc) is 1.38. The SMILES string of the molecule is COC(=O)C1N(C(=O)CCCCCCCCC(=O)Nc2ccccc2)C(C(=O)OC)C23c4c5c6c7c8c9c(c%10c%11c2c2c4c4c%12c5c5c6c6c8c8c%13c9c9c%10c%10c%11c%11c2c2c4c4c%12c%12c5c5c6c8c6c8c%13c9c9c%10c%10c%11c2c2c4c4c%12c5c6c5c8c9c%10c2c45)C713. The summed E-state index contributed by atoms with van der Waals surface area (Å²) < 4.78 is 12.9. The van der Waals surface area contributed by atoms with E-state index in [-0.39, 0.29) is 18.2 Å². The normalized spacial score (nSPS) is 21.6. The highest BCUT2D eigenvalue weighted by molar-refractivity contribution is 6.82. The van der Waals surface area contributed by atoms with Crippen molar-refractivity contribution in [3.05, 3.63) is 52.6 Å². The Labute approximate surface area is 497 Å². The molecule has 29 aromatic rings. The number of hydrogen-bond acceptors (Lipinski definition) is 6. The summed E-state index contributed by atoms with van der Waals surface area (Å²) in [6.07, 6.45) is 5.58. The molecule has 0 radical (unpaired) electrons. The zero-order valence-corrected chi connectivity index (χ0v) is 47.6. The van der Waals surface area contributed by atoms with Gasteiger partial charge in [-0.05, 0) is 338 Å². The molecule has 1 fully saturated rings. The van der Waals surface area contributed by atoms with Gasteiger partial charge in [0, 0.05) is 18.5 Å². The van der Waals surface area contributed by atoms with Crippen molar-refractivity contribution in [2.75, 3.05) is 19.5 Å². The first kappa shape index (κ1) is 39.5. The lowest BCUT2D eigenvalue weighted by Crippen LogP contribution is -2.59. The molecule has 1 aliphatic heterocycles. The molecule has 29 aromatic carbocycles. The minimum atomic E-state index is -1.28. The summed E-state index contributed by atoms with van der Waals surface area (Å²) in [6.45, 7) is 0. The maximum Gasteiger partial charge on any atom is 0.329 e. The number of amides is 2. The number of rotatable bonds is 12. The second kappa shape index (κ2) is 10.2. The topological polar surface area (TPSA) is 102 Å². The monoisotopic (exact) mass is 1140 g/mol. The van der Waals surface area contributed by atoms with Gasteiger partial charge in [-0.1, -0.05) is 43.9 Å². The Hall–Kier alpha value is -10.4. The Morgan fingerprint density at radius 1 is 0.311 bits per heavy atom. The smallest absolute Gasteiger partial charge is 0.329 e. The van der Waals surface area contributed by atoms with Gasteiger partial charge in [0.15, 0.2) is 0 Å². The van der Waals surface area contributed by atoms with E-state index in [1.807, 2.05) is 35.2 Å². The van der Waals surface area contributed by atoms with Crippen LogP contribution in [0.5, 0.6) is 0 Å². The number of ether oxygens (including phenoxy) is 2. The first-order valence-electron chi connectivity index (χ1n) is 33.1. The second-order valence-corrected chi connectivity index (χ2v) is 30.6. The van der Waals surface area contributed by atoms with Gasteiger partial charge in [0.25, 0.3) is 0 Å². The summed E-state index contributed by atoms with van der Waals surface area (Å²) in [5.74, 6) is -1.07. The van der Waals surface area contributed by atoms with Crippen LogP contribution in [0.1, 0.15) is 73.6 Å². The van der Waals surface area contributed by atoms with E-state index in [0.717, 1.165) is 37.8 Å². The molecule has 2 amide bonds. The van der Waals surface area contributed by atoms with Crippen molar-refractivity contribution in [2.45, 2.75) is 74.3 Å². The minimum absolute atomic E-state index is 0.0240. The summed E-state index contributed by atoms with van der Waals surface area (Å²) in [5, 5.41) is 80.0. The van der Waals surface area contributed by atoms with Crippen LogP contribution in [0.4, 0.5) is 5.69 Å². The molecule has 1 heterocycles. The quantitative estimate of drug-likeness (QED) is 0.0743. The van der Waals surface area contributed by atoms with Crippen molar-refractivity contribution in [3.8, 4) is 0 Å². The van der Waals surface area contributed by atoms with Gasteiger partial charge in [-0.25, -0.2) is 9.59 Å². The molecule has 2 atom stereocenters. The van der Waals surface area contributed by atoms with Crippen LogP contribution in [-0.4, -0.2) is 55.0 Å². The van der Waals surface area contributed by atoms with Crippen molar-refractivity contribution >= 4 is 320 Å². The molecule has 0 saturated carbocycles. The van der Waals surface area contributed by atoms with Gasteiger partial charge in [0.2, 0.25) is 11.8 Å². The fourth-order valence-electron chi connectivity index (χ4n) is 28.1. The lowest BCUT2D eigenvalue weighted by molar-refractivity contribution is -0.159. The largest absolute Gasteiger partial charge is 0.467 e. The van der Waals surface area contributed by atoms with Crippen LogP contribution in [0, 0.1) is 0 Å². The molecule has 0 aromatic heterocycles. The highest BCUT2D eigenvalue weighted by Gasteiger charge is 2.83. The third-order valence-corrected chi connectivity index (χ3v) is 29.1. The molecule has 1 saturated heterocycles. The first-order chi connectivity index (χ1) is 44.5. The molecule has 1 N–H and O–H groups in total. The van der Waals surface area contributed by atoms with Crippen molar-refractivity contribution in [1.29, 1.82) is 0 Å². The fraction of sp³-hybridized carbons (Fsp3) is 0.171. The highest BCUT2D eigenvalue weighted by Crippen LogP contribution is 2.87. The van der Waals surface area contributed by atoms with Crippen LogP contribution in [0.15, 0.2) is 30.3 Å². The Kier molecular flexibility index (Phi) is 4.46. The van der Waals surface area contributed by atoms with Crippen LogP contribution >= 0.6 is 0 Å². The van der Waals surface area contributed by atoms with Gasteiger partial charge in [-0.3, -0.25) is 9.59 Å². The summed E-state index contributed by atoms with van der Waals surface area (Å²) in [6, 6.07) is 7.24. The van der Waals surface area contributed by atoms with E-state index in [1.165, 1.54) is 317 Å². The molecular formula is C82H30N2O6. The van der Waals surface area contributed by atoms with Crippen LogP contribution < -0.4 is 5.32 Å². The Balaban J connectivity index is 0.799. The minimum Gasteiger partial charge on any atom is -0.467 e. The second-order valence-electron chi connectivity index (χ2n) is 30.6. The van der Waals surface area contributed by atoms with Crippen molar-refractivity contribution < 1.29 is 28.7 Å². The van der Waals surface area contributed by atoms with E-state index in [0.29, 0.717) is 12.8 Å². The zero-order valence-electron chi connectivity index (χ0n) is 47.6. The number of anilines is 1. The van der Waals surface area contributed by atoms with Gasteiger partial charge >= 0.3 is 11.9 Å². The predicted octanol–water partition coefficient (Wildman–Crippen LogP) is 19.0. The molecule has 90 heavy (non-hydrogen) atoms. The fourth-order valence-corrected chi connectivity index (χ4v) is 28.1. The number of methoxy groups -OCH3 is 2. The number of hydrogen-bond donors (Lipinski definition) is 1. The number of benzene rings is 19. The van der Waals surface area contributed by atoms with E-state index in [4.69, 9.17) is 9.47 Å². The van der Waals surface area contributed by atoms with E-state index in [9.17, 15) is 4.79 Å². The first-order valence-corrected chi connectivity index (χ1v) is 33.1. The van der Waals surface area contributed by atoms with E-state index in [2.05, 4.69) is 5.32 Å². The molecule has 4 aliphatic carbocycles. The van der Waals surface area contributed by atoms with Gasteiger partial charge < -0.3 is 19.7 Å². The zero-order chi connectivity index (χ0) is 56.4. The lowest BCUT2D eigenvalue weighted by Gasteiger charge is -2.51. The summed E-state index contributed by atoms with van der Waals surface area (Å²) in [5.41, 5.74) is 3.00. The Bertz CT molecular complexity index is 7550. The third kappa shape index (κ3) is 2.56. The number of carbonyl (C=O) groups excluding carboxylic acids is 4. The maximum atomic E-state index is 16.8. The number of nitrogens with zero attached hydrogens (tertiary/aromatic N) is 1. The molecule has 2 spiro atoms. The van der Waals surface area contributed by atoms with Gasteiger partial charge in [0.05, 0.1) is 25.0 Å². The Morgan fingerprint density at radius 2 is 0.522 bits per heavy atom. The molecule has 2 unspecified atom stereocenters. The number of unbranched alkanes of at least 4 members (excludes halogenated alkanes) is 5. The van der Waals surface area contributed by atoms with Gasteiger partial charge in [-0.15, -0.1) is 0 Å². The maximum absolute atomic E-state index is 16.8. The van der Waals surface area contributed by atoms with E-state index in [1.54, 1.807) is 10.8 Å². The summed E-state index contributed by atoms with van der Waals surface area (Å²) in [7, 11) is 3.05. The molecule has 5 aliphatic rings. The highest BCUT2D eigenvalue weighted by atomic mass is 16.5. The molecule has 0 bridgehead atoms. The standard InChI is InChI=1S/C82H30N2O6/c1-89-79(87)77-81-73-65-57-47-37-29-21-19-20-23-27-25(21)33-41-35(27)45-39-31(23)32-24(20)28-26-22(19)30(29)38-44-34(26)42-36(28)46-40(32)50-49(39)59-53(45)63-55(41)61(51(57)43(33)37)69(73)71(63)75-67(59)68-60(50)54(46)64-56(42)62-52(44)58(48(38)47)66(65)74(81)70(62)72(64)76(68)82(75,81)78(80(88)90-2)84(77)18(86)15-11-6-4-3-5-10-14-17(85)83-16-12-8-7-9-13-16/h7-9,12-13,77-78H,3-6,10-11,14-15H2,1-2H3,(H,83,85). The molecule has 34 rings (SSSR count). The number of nitrogens with one attached hydrogen (secondary N) is 1. The van der Waals surface area contributed by atoms with Crippen LogP contribution in [0.3, 0.4) is 0 Å². The van der Waals surface area contributed by atoms with Crippen LogP contribution in [-0.2, 0) is 39.5 Å². The van der Waals surface area contributed by atoms with Gasteiger partial charge in [0.1, 0.15) is 12.1 Å².